The van der Waals surface area contributed by atoms with Gasteiger partial charge in [0, 0.05) is 98.9 Å². The van der Waals surface area contributed by atoms with Crippen molar-refractivity contribution in [1.29, 1.82) is 0 Å². The van der Waals surface area contributed by atoms with Crippen molar-refractivity contribution in [2.45, 2.75) is 285 Å². The topological polar surface area (TPSA) is 604 Å². The quantitative estimate of drug-likeness (QED) is 0.0160. The summed E-state index contributed by atoms with van der Waals surface area (Å²) in [6, 6.07) is -6.55. The molecule has 10 amide bonds. The van der Waals surface area contributed by atoms with Crippen molar-refractivity contribution in [2.24, 2.45) is 0 Å². The van der Waals surface area contributed by atoms with E-state index in [0.29, 0.717) is 90.0 Å². The number of carbonyl (C=O) groups excluding carboxylic acids is 10. The average Bonchev–Trinajstić information content (AvgIpc) is 0.819. The number of ether oxygens (including phenoxy) is 6. The maximum atomic E-state index is 14.5. The molecule has 0 bridgehead atoms. The predicted octanol–water partition coefficient (Wildman–Crippen LogP) is -3.43. The summed E-state index contributed by atoms with van der Waals surface area (Å²) in [6.45, 7) is 5.23. The molecule has 3 fully saturated rings. The largest absolute Gasteiger partial charge is 0.472 e. The van der Waals surface area contributed by atoms with E-state index in [-0.39, 0.29) is 147 Å². The highest BCUT2D eigenvalue weighted by Crippen LogP contribution is 2.43. The molecule has 0 aromatic heterocycles. The highest BCUT2D eigenvalue weighted by atomic mass is 31.2. The lowest BCUT2D eigenvalue weighted by Gasteiger charge is -2.42. The Morgan fingerprint density at radius 1 is 0.409 bits per heavy atom. The standard InChI is InChI=1S/C74H129N10O30P/c1-5-6-7-8-22-41-110-115(105,106)111-42-33-50(43-85)82-59(95)31-12-10-18-34-75-56(92)28-11-9-19-37-78-70(103)51(26-13-20-35-76-57(93)29-15-23-38-107-72-61(79-47(2)89)67(100)64(97)53(44-86)112-72)84-71(104)52(83-60(96)32-17-25-40-109-74-63(81-49(4)91)69(102)66(99)55(46-88)114-74)27-14-21-36-77-58(94)30-16-24-39-108-73-62(80-48(3)90)68(101)65(98)54(45-87)113-73/h5-8,22,50-55,61-69,72-74,85-88,97-102H,1,9-21,23-46H2,2-4H3,(H,75,92)(H,76,93)(H,77,94)(H,78,103)(H,79,89)(H,80,90)(H,81,91)(H,82,95)(H,83,96)(H,84,104)(H,105,106)/b7-6+,22-8-/t50-,51-,52-,53+,54+,55+,61+,62+,63+,64-,65-,66-,67+,68+,69+,72+,73+,74+/m0/s1. The summed E-state index contributed by atoms with van der Waals surface area (Å²) < 4.78 is 56.0. The van der Waals surface area contributed by atoms with E-state index < -0.39 is 180 Å². The van der Waals surface area contributed by atoms with Gasteiger partial charge in [0.1, 0.15) is 85.1 Å². The van der Waals surface area contributed by atoms with E-state index in [1.165, 1.54) is 26.8 Å². The molecule has 0 aliphatic carbocycles. The summed E-state index contributed by atoms with van der Waals surface area (Å²) in [6.07, 6.45) is -1.57. The van der Waals surface area contributed by atoms with E-state index in [0.717, 1.165) is 0 Å². The van der Waals surface area contributed by atoms with Gasteiger partial charge in [0.2, 0.25) is 59.1 Å². The van der Waals surface area contributed by atoms with Crippen LogP contribution in [0, 0.1) is 0 Å². The molecule has 3 aliphatic rings. The van der Waals surface area contributed by atoms with Gasteiger partial charge in [0.25, 0.3) is 0 Å². The highest BCUT2D eigenvalue weighted by Gasteiger charge is 2.48. The lowest BCUT2D eigenvalue weighted by Crippen LogP contribution is -2.64. The molecule has 0 radical (unpaired) electrons. The molecule has 0 spiro atoms. The van der Waals surface area contributed by atoms with Gasteiger partial charge >= 0.3 is 7.82 Å². The maximum Gasteiger partial charge on any atom is 0.472 e. The molecule has 0 saturated carbocycles. The molecule has 3 saturated heterocycles. The SMILES string of the molecule is C=C/C=C/C=C\COP(=O)(O)OCC[C@@H](CO)NC(=O)CCCCCNC(=O)CCCCCNC(=O)[C@H](CCCCNC(=O)CCCCO[C@@H]1O[C@H](CO)[C@H](O)[C@H](O)[C@H]1NC(C)=O)NC(=O)[C@H](CCCCNC(=O)CCCCO[C@@H]1O[C@H](CO)[C@H](O)[C@H](O)[C@H]1NC(C)=O)NC(=O)CCCCO[C@@H]1O[C@H](CO)[C@H](O)[C@H](O)[C@H]1NC(C)=O. The van der Waals surface area contributed by atoms with Crippen molar-refractivity contribution < 1.29 is 146 Å². The van der Waals surface area contributed by atoms with Gasteiger partial charge < -0.3 is 138 Å². The van der Waals surface area contributed by atoms with Crippen molar-refractivity contribution in [1.82, 2.24) is 53.2 Å². The third-order valence-corrected chi connectivity index (χ3v) is 19.7. The van der Waals surface area contributed by atoms with Crippen molar-refractivity contribution in [3.8, 4) is 0 Å². The summed E-state index contributed by atoms with van der Waals surface area (Å²) in [5, 5.41) is 129. The number of hydrogen-bond donors (Lipinski definition) is 21. The first-order valence-electron chi connectivity index (χ1n) is 39.7. The van der Waals surface area contributed by atoms with Gasteiger partial charge in [-0.15, -0.1) is 0 Å². The molecule has 40 nitrogen and oxygen atoms in total. The molecule has 3 heterocycles. The minimum absolute atomic E-state index is 0.0291. The second kappa shape index (κ2) is 59.1. The van der Waals surface area contributed by atoms with Gasteiger partial charge in [-0.05, 0) is 109 Å². The minimum Gasteiger partial charge on any atom is -0.394 e. The van der Waals surface area contributed by atoms with Crippen molar-refractivity contribution in [2.75, 3.05) is 85.6 Å². The summed E-state index contributed by atoms with van der Waals surface area (Å²) in [5.74, 6) is -4.54. The molecule has 21 N–H and O–H groups in total. The lowest BCUT2D eigenvalue weighted by molar-refractivity contribution is -0.270. The van der Waals surface area contributed by atoms with Gasteiger partial charge in [0.15, 0.2) is 18.9 Å². The van der Waals surface area contributed by atoms with Gasteiger partial charge in [0.05, 0.1) is 45.7 Å². The Labute approximate surface area is 671 Å². The molecule has 41 heteroatoms. The minimum atomic E-state index is -4.37. The van der Waals surface area contributed by atoms with Crippen LogP contribution < -0.4 is 53.2 Å². The number of rotatable bonds is 61. The number of phosphoric ester groups is 1. The van der Waals surface area contributed by atoms with Gasteiger partial charge in [-0.1, -0.05) is 49.8 Å². The molecule has 115 heavy (non-hydrogen) atoms. The summed E-state index contributed by atoms with van der Waals surface area (Å²) >= 11 is 0. The summed E-state index contributed by atoms with van der Waals surface area (Å²) in [7, 11) is -4.37. The first-order valence-corrected chi connectivity index (χ1v) is 41.2. The summed E-state index contributed by atoms with van der Waals surface area (Å²) in [5.41, 5.74) is 0. The fraction of sp³-hybridized carbons (Fsp3) is 0.784. The van der Waals surface area contributed by atoms with Crippen molar-refractivity contribution >= 4 is 66.9 Å². The van der Waals surface area contributed by atoms with E-state index in [9.17, 15) is 108 Å². The Balaban J connectivity index is 1.62. The Kier molecular flexibility index (Phi) is 52.7. The molecule has 3 aliphatic heterocycles. The number of allylic oxidation sites excluding steroid dienone is 4. The molecule has 660 valence electrons. The van der Waals surface area contributed by atoms with E-state index in [4.69, 9.17) is 37.5 Å². The van der Waals surface area contributed by atoms with Crippen LogP contribution in [0.2, 0.25) is 0 Å². The molecule has 0 aromatic rings. The number of amides is 10. The van der Waals surface area contributed by atoms with Crippen molar-refractivity contribution in [3.05, 3.63) is 37.0 Å². The van der Waals surface area contributed by atoms with E-state index in [2.05, 4.69) is 59.7 Å². The zero-order valence-electron chi connectivity index (χ0n) is 66.3. The molecule has 19 atom stereocenters. The first kappa shape index (κ1) is 103. The molecule has 0 aromatic carbocycles. The number of aliphatic hydroxyl groups excluding tert-OH is 10. The second-order valence-electron chi connectivity index (χ2n) is 28.3. The molecular formula is C74H129N10O30P. The number of carbonyl (C=O) groups is 10. The Morgan fingerprint density at radius 3 is 1.16 bits per heavy atom. The Morgan fingerprint density at radius 2 is 0.774 bits per heavy atom. The molecule has 1 unspecified atom stereocenters. The van der Waals surface area contributed by atoms with Crippen LogP contribution in [-0.4, -0.2) is 311 Å². The number of unbranched alkanes of at least 4 members (excludes halogenated alkanes) is 9. The molecular weight excluding hydrogens is 1540 g/mol. The van der Waals surface area contributed by atoms with Crippen LogP contribution in [-0.2, 0) is 90.0 Å². The third kappa shape index (κ3) is 42.6. The van der Waals surface area contributed by atoms with Crippen LogP contribution in [0.15, 0.2) is 37.0 Å². The number of phosphoric acid groups is 1. The van der Waals surface area contributed by atoms with E-state index in [1.54, 1.807) is 24.3 Å². The number of hydrogen-bond acceptors (Lipinski definition) is 29. The van der Waals surface area contributed by atoms with Gasteiger partial charge in [-0.25, -0.2) is 4.57 Å². The first-order chi connectivity index (χ1) is 55.0. The van der Waals surface area contributed by atoms with Crippen LogP contribution >= 0.6 is 7.82 Å². The van der Waals surface area contributed by atoms with E-state index in [1.807, 2.05) is 0 Å². The van der Waals surface area contributed by atoms with Crippen LogP contribution in [0.5, 0.6) is 0 Å². The van der Waals surface area contributed by atoms with Crippen LogP contribution in [0.4, 0.5) is 0 Å². The monoisotopic (exact) mass is 1670 g/mol. The van der Waals surface area contributed by atoms with Crippen LogP contribution in [0.3, 0.4) is 0 Å². The molecule has 3 rings (SSSR count). The fourth-order valence-electron chi connectivity index (χ4n) is 12.4. The Bertz CT molecular complexity index is 3000. The van der Waals surface area contributed by atoms with Gasteiger partial charge in [-0.2, -0.15) is 0 Å². The number of aliphatic hydroxyl groups is 10. The number of nitrogens with one attached hydrogen (secondary N) is 10. The Hall–Kier alpha value is -6.61. The lowest BCUT2D eigenvalue weighted by atomic mass is 9.97. The van der Waals surface area contributed by atoms with Crippen molar-refractivity contribution in [3.63, 3.8) is 0 Å². The average molecular weight is 1670 g/mol. The normalized spacial score (nSPS) is 24.8. The predicted molar refractivity (Wildman–Crippen MR) is 410 cm³/mol. The summed E-state index contributed by atoms with van der Waals surface area (Å²) in [4.78, 5) is 139. The zero-order chi connectivity index (χ0) is 85.1. The maximum absolute atomic E-state index is 14.5. The zero-order valence-corrected chi connectivity index (χ0v) is 67.2. The fourth-order valence-corrected chi connectivity index (χ4v) is 13.0. The van der Waals surface area contributed by atoms with Crippen LogP contribution in [0.1, 0.15) is 175 Å². The van der Waals surface area contributed by atoms with Gasteiger partial charge in [-0.3, -0.25) is 57.0 Å². The third-order valence-electron chi connectivity index (χ3n) is 18.7. The van der Waals surface area contributed by atoms with E-state index >= 15 is 0 Å². The highest BCUT2D eigenvalue weighted by molar-refractivity contribution is 7.47. The second-order valence-corrected chi connectivity index (χ2v) is 29.8. The van der Waals surface area contributed by atoms with Crippen LogP contribution in [0.25, 0.3) is 0 Å². The smallest absolute Gasteiger partial charge is 0.394 e.